The summed E-state index contributed by atoms with van der Waals surface area (Å²) < 4.78 is 0. The van der Waals surface area contributed by atoms with Gasteiger partial charge in [0.25, 0.3) is 5.91 Å². The maximum Gasteiger partial charge on any atom is 0.258 e. The van der Waals surface area contributed by atoms with Gasteiger partial charge in [-0.15, -0.1) is 0 Å². The lowest BCUT2D eigenvalue weighted by Crippen LogP contribution is -2.26. The van der Waals surface area contributed by atoms with Gasteiger partial charge in [0.2, 0.25) is 0 Å². The Kier molecular flexibility index (Phi) is 3.33. The average Bonchev–Trinajstić information content (AvgIpc) is 2.38. The zero-order valence-electron chi connectivity index (χ0n) is 10.4. The first-order chi connectivity index (χ1) is 8.59. The van der Waals surface area contributed by atoms with E-state index in [1.807, 2.05) is 19.1 Å². The lowest BCUT2D eigenvalue weighted by Gasteiger charge is -2.18. The van der Waals surface area contributed by atoms with E-state index in [2.05, 4.69) is 0 Å². The lowest BCUT2D eigenvalue weighted by molar-refractivity contribution is 0.0992. The predicted octanol–water partition coefficient (Wildman–Crippen LogP) is 2.98. The number of hydrogen-bond donors (Lipinski definition) is 1. The first-order valence-electron chi connectivity index (χ1n) is 5.72. The number of phenolic OH excluding ortho intramolecular Hbond substituents is 1. The number of hydrogen-bond acceptors (Lipinski definition) is 2. The van der Waals surface area contributed by atoms with E-state index in [9.17, 15) is 9.90 Å². The van der Waals surface area contributed by atoms with E-state index >= 15 is 0 Å². The van der Waals surface area contributed by atoms with Crippen molar-refractivity contribution < 1.29 is 9.90 Å². The quantitative estimate of drug-likeness (QED) is 0.878. The second kappa shape index (κ2) is 4.92. The Bertz CT molecular complexity index is 561. The van der Waals surface area contributed by atoms with Crippen LogP contribution in [0.1, 0.15) is 15.9 Å². The molecule has 3 nitrogen and oxygen atoms in total. The number of carbonyl (C=O) groups is 1. The number of rotatable bonds is 2. The molecule has 0 aliphatic rings. The van der Waals surface area contributed by atoms with Crippen LogP contribution in [-0.2, 0) is 0 Å². The zero-order valence-corrected chi connectivity index (χ0v) is 10.4. The average molecular weight is 241 g/mol. The van der Waals surface area contributed by atoms with Crippen LogP contribution in [0.3, 0.4) is 0 Å². The first-order valence-corrected chi connectivity index (χ1v) is 5.72. The van der Waals surface area contributed by atoms with E-state index in [0.29, 0.717) is 11.3 Å². The molecule has 0 atom stereocenters. The van der Waals surface area contributed by atoms with Crippen molar-refractivity contribution in [1.82, 2.24) is 0 Å². The Morgan fingerprint density at radius 1 is 1.06 bits per heavy atom. The molecule has 1 amide bonds. The van der Waals surface area contributed by atoms with Crippen LogP contribution in [0.4, 0.5) is 5.69 Å². The monoisotopic (exact) mass is 241 g/mol. The number of phenols is 1. The molecule has 0 heterocycles. The van der Waals surface area contributed by atoms with Gasteiger partial charge in [-0.25, -0.2) is 0 Å². The number of aromatic hydroxyl groups is 1. The highest BCUT2D eigenvalue weighted by molar-refractivity contribution is 6.06. The number of amides is 1. The standard InChI is InChI=1S/C15H15NO2/c1-11-7-9-12(10-8-11)15(18)16(2)13-5-3-4-6-14(13)17/h3-10,17H,1-2H3. The summed E-state index contributed by atoms with van der Waals surface area (Å²) in [7, 11) is 1.65. The van der Waals surface area contributed by atoms with E-state index < -0.39 is 0 Å². The van der Waals surface area contributed by atoms with E-state index in [1.54, 1.807) is 43.4 Å². The fourth-order valence-electron chi connectivity index (χ4n) is 1.75. The minimum absolute atomic E-state index is 0.0976. The molecule has 0 saturated carbocycles. The zero-order chi connectivity index (χ0) is 13.1. The molecular formula is C15H15NO2. The van der Waals surface area contributed by atoms with Crippen molar-refractivity contribution in [3.05, 3.63) is 59.7 Å². The SMILES string of the molecule is Cc1ccc(C(=O)N(C)c2ccccc2O)cc1. The largest absolute Gasteiger partial charge is 0.506 e. The van der Waals surface area contributed by atoms with Crippen LogP contribution in [0.25, 0.3) is 0 Å². The van der Waals surface area contributed by atoms with Crippen molar-refractivity contribution in [1.29, 1.82) is 0 Å². The Labute approximate surface area is 106 Å². The van der Waals surface area contributed by atoms with Gasteiger partial charge >= 0.3 is 0 Å². The van der Waals surface area contributed by atoms with Gasteiger partial charge in [-0.05, 0) is 31.2 Å². The topological polar surface area (TPSA) is 40.5 Å². The fourth-order valence-corrected chi connectivity index (χ4v) is 1.75. The highest BCUT2D eigenvalue weighted by Crippen LogP contribution is 2.26. The maximum absolute atomic E-state index is 12.2. The third kappa shape index (κ3) is 2.35. The van der Waals surface area contributed by atoms with Crippen LogP contribution >= 0.6 is 0 Å². The molecule has 0 saturated heterocycles. The normalized spacial score (nSPS) is 10.1. The van der Waals surface area contributed by atoms with Crippen molar-refractivity contribution in [2.75, 3.05) is 11.9 Å². The van der Waals surface area contributed by atoms with Crippen LogP contribution in [0, 0.1) is 6.92 Å². The van der Waals surface area contributed by atoms with Crippen molar-refractivity contribution in [3.63, 3.8) is 0 Å². The molecule has 0 radical (unpaired) electrons. The highest BCUT2D eigenvalue weighted by Gasteiger charge is 2.15. The fraction of sp³-hybridized carbons (Fsp3) is 0.133. The summed E-state index contributed by atoms with van der Waals surface area (Å²) in [5.74, 6) is -0.0445. The smallest absolute Gasteiger partial charge is 0.258 e. The molecule has 2 rings (SSSR count). The molecule has 0 aliphatic heterocycles. The number of benzene rings is 2. The molecule has 18 heavy (non-hydrogen) atoms. The second-order valence-electron chi connectivity index (χ2n) is 4.22. The van der Waals surface area contributed by atoms with Crippen LogP contribution in [0.2, 0.25) is 0 Å². The molecule has 2 aromatic rings. The molecule has 92 valence electrons. The van der Waals surface area contributed by atoms with E-state index in [0.717, 1.165) is 5.56 Å². The van der Waals surface area contributed by atoms with Crippen LogP contribution in [0.15, 0.2) is 48.5 Å². The van der Waals surface area contributed by atoms with Crippen LogP contribution < -0.4 is 4.90 Å². The molecule has 0 aromatic heterocycles. The van der Waals surface area contributed by atoms with Gasteiger partial charge in [-0.2, -0.15) is 0 Å². The number of carbonyl (C=O) groups excluding carboxylic acids is 1. The third-order valence-corrected chi connectivity index (χ3v) is 2.85. The Morgan fingerprint density at radius 3 is 2.28 bits per heavy atom. The minimum atomic E-state index is -0.142. The van der Waals surface area contributed by atoms with E-state index in [4.69, 9.17) is 0 Å². The summed E-state index contributed by atoms with van der Waals surface area (Å²) in [6, 6.07) is 14.1. The second-order valence-corrected chi connectivity index (χ2v) is 4.22. The van der Waals surface area contributed by atoms with Gasteiger partial charge < -0.3 is 10.0 Å². The van der Waals surface area contributed by atoms with Gasteiger partial charge in [0.1, 0.15) is 5.75 Å². The summed E-state index contributed by atoms with van der Waals surface area (Å²) in [5, 5.41) is 9.73. The number of anilines is 1. The summed E-state index contributed by atoms with van der Waals surface area (Å²) in [6.07, 6.45) is 0. The Morgan fingerprint density at radius 2 is 1.67 bits per heavy atom. The lowest BCUT2D eigenvalue weighted by atomic mass is 10.1. The van der Waals surface area contributed by atoms with Crippen LogP contribution in [0.5, 0.6) is 5.75 Å². The van der Waals surface area contributed by atoms with E-state index in [1.165, 1.54) is 4.90 Å². The summed E-state index contributed by atoms with van der Waals surface area (Å²) in [6.45, 7) is 1.97. The molecule has 0 aliphatic carbocycles. The van der Waals surface area contributed by atoms with Crippen LogP contribution in [-0.4, -0.2) is 18.1 Å². The number of nitrogens with zero attached hydrogens (tertiary/aromatic N) is 1. The van der Waals surface area contributed by atoms with Gasteiger partial charge in [-0.1, -0.05) is 29.8 Å². The van der Waals surface area contributed by atoms with Gasteiger partial charge in [-0.3, -0.25) is 4.79 Å². The molecule has 3 heteroatoms. The minimum Gasteiger partial charge on any atom is -0.506 e. The molecule has 0 fully saturated rings. The first kappa shape index (κ1) is 12.2. The van der Waals surface area contributed by atoms with Crippen molar-refractivity contribution in [3.8, 4) is 5.75 Å². The number of aryl methyl sites for hydroxylation is 1. The number of para-hydroxylation sites is 2. The summed E-state index contributed by atoms with van der Waals surface area (Å²) in [4.78, 5) is 13.7. The van der Waals surface area contributed by atoms with Gasteiger partial charge in [0.05, 0.1) is 5.69 Å². The molecule has 2 aromatic carbocycles. The Balaban J connectivity index is 2.29. The molecule has 0 spiro atoms. The van der Waals surface area contributed by atoms with E-state index in [-0.39, 0.29) is 11.7 Å². The van der Waals surface area contributed by atoms with Crippen molar-refractivity contribution in [2.24, 2.45) is 0 Å². The van der Waals surface area contributed by atoms with Gasteiger partial charge in [0, 0.05) is 12.6 Å². The highest BCUT2D eigenvalue weighted by atomic mass is 16.3. The molecular weight excluding hydrogens is 226 g/mol. The van der Waals surface area contributed by atoms with Crippen molar-refractivity contribution >= 4 is 11.6 Å². The van der Waals surface area contributed by atoms with Gasteiger partial charge in [0.15, 0.2) is 0 Å². The third-order valence-electron chi connectivity index (χ3n) is 2.85. The maximum atomic E-state index is 12.2. The summed E-state index contributed by atoms with van der Waals surface area (Å²) >= 11 is 0. The predicted molar refractivity (Wildman–Crippen MR) is 72.0 cm³/mol. The molecule has 0 unspecified atom stereocenters. The molecule has 0 bridgehead atoms. The Hall–Kier alpha value is -2.29. The summed E-state index contributed by atoms with van der Waals surface area (Å²) in [5.41, 5.74) is 2.21. The molecule has 1 N–H and O–H groups in total. The van der Waals surface area contributed by atoms with Crippen molar-refractivity contribution in [2.45, 2.75) is 6.92 Å².